The van der Waals surface area contributed by atoms with Crippen LogP contribution in [0.3, 0.4) is 0 Å². The molecule has 0 saturated heterocycles. The first-order valence-corrected chi connectivity index (χ1v) is 6.99. The topological polar surface area (TPSA) is 114 Å². The second-order valence-electron chi connectivity index (χ2n) is 4.77. The summed E-state index contributed by atoms with van der Waals surface area (Å²) in [6.07, 6.45) is 1.54. The van der Waals surface area contributed by atoms with Crippen LogP contribution in [0.15, 0.2) is 47.1 Å². The molecule has 0 fully saturated rings. The van der Waals surface area contributed by atoms with Crippen molar-refractivity contribution in [2.75, 3.05) is 12.8 Å². The monoisotopic (exact) mass is 324 g/mol. The van der Waals surface area contributed by atoms with E-state index >= 15 is 0 Å². The van der Waals surface area contributed by atoms with Gasteiger partial charge in [-0.05, 0) is 24.3 Å². The van der Waals surface area contributed by atoms with E-state index in [1.807, 2.05) is 0 Å². The second kappa shape index (κ2) is 5.54. The van der Waals surface area contributed by atoms with Gasteiger partial charge in [0.25, 0.3) is 5.78 Å². The summed E-state index contributed by atoms with van der Waals surface area (Å²) in [5.74, 6) is 2.40. The molecule has 4 rings (SSSR count). The first-order valence-electron chi connectivity index (χ1n) is 6.99. The predicted octanol–water partition coefficient (Wildman–Crippen LogP) is 2.16. The van der Waals surface area contributed by atoms with Gasteiger partial charge in [-0.1, -0.05) is 6.07 Å². The Kier molecular flexibility index (Phi) is 3.23. The fourth-order valence-corrected chi connectivity index (χ4v) is 2.11. The van der Waals surface area contributed by atoms with E-state index in [2.05, 4.69) is 20.1 Å². The van der Waals surface area contributed by atoms with Crippen LogP contribution in [0, 0.1) is 0 Å². The van der Waals surface area contributed by atoms with Crippen molar-refractivity contribution in [2.24, 2.45) is 0 Å². The number of ether oxygens (including phenoxy) is 2. The largest absolute Gasteiger partial charge is 0.497 e. The highest BCUT2D eigenvalue weighted by Gasteiger charge is 2.14. The minimum absolute atomic E-state index is 0.0617. The SMILES string of the molecule is COc1cccc(Oc2nc(N)n3nc(-c4ccco4)nc3n2)c1. The Hall–Kier alpha value is -3.62. The molecule has 0 radical (unpaired) electrons. The molecule has 0 aliphatic carbocycles. The first kappa shape index (κ1) is 14.0. The lowest BCUT2D eigenvalue weighted by atomic mass is 10.3. The molecule has 3 aromatic heterocycles. The fourth-order valence-electron chi connectivity index (χ4n) is 2.11. The summed E-state index contributed by atoms with van der Waals surface area (Å²) in [6.45, 7) is 0. The zero-order valence-corrected chi connectivity index (χ0v) is 12.6. The number of methoxy groups -OCH3 is 1. The third kappa shape index (κ3) is 2.47. The van der Waals surface area contributed by atoms with Gasteiger partial charge in [0.15, 0.2) is 5.76 Å². The molecule has 0 aliphatic rings. The van der Waals surface area contributed by atoms with Crippen LogP contribution >= 0.6 is 0 Å². The highest BCUT2D eigenvalue weighted by Crippen LogP contribution is 2.24. The van der Waals surface area contributed by atoms with Gasteiger partial charge in [0.2, 0.25) is 11.8 Å². The number of fused-ring (bicyclic) bond motifs is 1. The van der Waals surface area contributed by atoms with Crippen LogP contribution in [-0.4, -0.2) is 31.7 Å². The van der Waals surface area contributed by atoms with E-state index in [9.17, 15) is 0 Å². The number of aromatic nitrogens is 5. The minimum atomic E-state index is 0.0617. The van der Waals surface area contributed by atoms with Crippen molar-refractivity contribution in [3.8, 4) is 29.1 Å². The Morgan fingerprint density at radius 2 is 1.96 bits per heavy atom. The summed E-state index contributed by atoms with van der Waals surface area (Å²) in [5.41, 5.74) is 5.91. The van der Waals surface area contributed by atoms with Gasteiger partial charge in [-0.3, -0.25) is 0 Å². The average Bonchev–Trinajstić information content (AvgIpc) is 3.24. The van der Waals surface area contributed by atoms with Crippen LogP contribution in [-0.2, 0) is 0 Å². The second-order valence-corrected chi connectivity index (χ2v) is 4.77. The number of hydrogen-bond acceptors (Lipinski definition) is 8. The van der Waals surface area contributed by atoms with Crippen molar-refractivity contribution in [3.63, 3.8) is 0 Å². The van der Waals surface area contributed by atoms with Crippen molar-refractivity contribution in [1.29, 1.82) is 0 Å². The molecule has 0 unspecified atom stereocenters. The van der Waals surface area contributed by atoms with E-state index < -0.39 is 0 Å². The zero-order valence-electron chi connectivity index (χ0n) is 12.6. The molecule has 0 spiro atoms. The van der Waals surface area contributed by atoms with Crippen molar-refractivity contribution < 1.29 is 13.9 Å². The fraction of sp³-hybridized carbons (Fsp3) is 0.0667. The number of hydrogen-bond donors (Lipinski definition) is 1. The number of rotatable bonds is 4. The maximum Gasteiger partial charge on any atom is 0.328 e. The predicted molar refractivity (Wildman–Crippen MR) is 83.8 cm³/mol. The van der Waals surface area contributed by atoms with Gasteiger partial charge in [-0.25, -0.2) is 0 Å². The molecule has 1 aromatic carbocycles. The van der Waals surface area contributed by atoms with E-state index in [0.29, 0.717) is 23.1 Å². The van der Waals surface area contributed by atoms with E-state index in [-0.39, 0.29) is 17.7 Å². The molecule has 0 bridgehead atoms. The lowest BCUT2D eigenvalue weighted by molar-refractivity contribution is 0.404. The van der Waals surface area contributed by atoms with Gasteiger partial charge in [-0.2, -0.15) is 19.5 Å². The minimum Gasteiger partial charge on any atom is -0.497 e. The van der Waals surface area contributed by atoms with Crippen molar-refractivity contribution in [2.45, 2.75) is 0 Å². The van der Waals surface area contributed by atoms with Crippen LogP contribution in [0.4, 0.5) is 5.95 Å². The smallest absolute Gasteiger partial charge is 0.328 e. The molecule has 3 heterocycles. The molecule has 0 aliphatic heterocycles. The highest BCUT2D eigenvalue weighted by atomic mass is 16.5. The molecule has 2 N–H and O–H groups in total. The first-order chi connectivity index (χ1) is 11.7. The summed E-state index contributed by atoms with van der Waals surface area (Å²) in [6, 6.07) is 10.6. The van der Waals surface area contributed by atoms with Gasteiger partial charge in [0.05, 0.1) is 13.4 Å². The molecule has 0 saturated carbocycles. The average molecular weight is 324 g/mol. The highest BCUT2D eigenvalue weighted by molar-refractivity contribution is 5.51. The Bertz CT molecular complexity index is 996. The summed E-state index contributed by atoms with van der Waals surface area (Å²) in [7, 11) is 1.58. The summed E-state index contributed by atoms with van der Waals surface area (Å²) >= 11 is 0. The summed E-state index contributed by atoms with van der Waals surface area (Å²) < 4.78 is 17.4. The Morgan fingerprint density at radius 1 is 1.08 bits per heavy atom. The third-order valence-electron chi connectivity index (χ3n) is 3.20. The van der Waals surface area contributed by atoms with E-state index in [0.717, 1.165) is 0 Å². The van der Waals surface area contributed by atoms with Crippen molar-refractivity contribution in [3.05, 3.63) is 42.7 Å². The summed E-state index contributed by atoms with van der Waals surface area (Å²) in [4.78, 5) is 12.6. The number of furan rings is 1. The molecule has 0 amide bonds. The van der Waals surface area contributed by atoms with Gasteiger partial charge in [0, 0.05) is 6.07 Å². The lowest BCUT2D eigenvalue weighted by Crippen LogP contribution is -2.05. The number of nitrogens with two attached hydrogens (primary N) is 1. The quantitative estimate of drug-likeness (QED) is 0.607. The number of benzene rings is 1. The molecular weight excluding hydrogens is 312 g/mol. The van der Waals surface area contributed by atoms with Crippen molar-refractivity contribution in [1.82, 2.24) is 24.6 Å². The number of nitrogen functional groups attached to an aromatic ring is 1. The molecule has 24 heavy (non-hydrogen) atoms. The van der Waals surface area contributed by atoms with Crippen LogP contribution in [0.5, 0.6) is 17.5 Å². The Balaban J connectivity index is 1.71. The Labute approximate surface area is 135 Å². The number of nitrogens with zero attached hydrogens (tertiary/aromatic N) is 5. The van der Waals surface area contributed by atoms with Crippen LogP contribution in [0.2, 0.25) is 0 Å². The third-order valence-corrected chi connectivity index (χ3v) is 3.20. The number of anilines is 1. The normalized spacial score (nSPS) is 10.9. The van der Waals surface area contributed by atoms with E-state index in [4.69, 9.17) is 19.6 Å². The van der Waals surface area contributed by atoms with Gasteiger partial charge in [0.1, 0.15) is 11.5 Å². The zero-order chi connectivity index (χ0) is 16.5. The van der Waals surface area contributed by atoms with E-state index in [1.165, 1.54) is 10.8 Å². The molecule has 4 aromatic rings. The molecule has 9 heteroatoms. The molecule has 120 valence electrons. The standard InChI is InChI=1S/C15H12N6O3/c1-22-9-4-2-5-10(8-9)24-15-18-13(16)21-14(19-15)17-12(20-21)11-6-3-7-23-11/h2-8H,1H3,(H2,16,17,18,19,20). The van der Waals surface area contributed by atoms with Crippen molar-refractivity contribution >= 4 is 11.7 Å². The van der Waals surface area contributed by atoms with Crippen LogP contribution < -0.4 is 15.2 Å². The van der Waals surface area contributed by atoms with Gasteiger partial charge >= 0.3 is 6.01 Å². The van der Waals surface area contributed by atoms with Gasteiger partial charge < -0.3 is 19.6 Å². The Morgan fingerprint density at radius 3 is 2.75 bits per heavy atom. The summed E-state index contributed by atoms with van der Waals surface area (Å²) in [5, 5.41) is 4.22. The molecule has 0 atom stereocenters. The van der Waals surface area contributed by atoms with Gasteiger partial charge in [-0.15, -0.1) is 5.10 Å². The molecular formula is C15H12N6O3. The maximum absolute atomic E-state index is 5.91. The van der Waals surface area contributed by atoms with Crippen LogP contribution in [0.1, 0.15) is 0 Å². The van der Waals surface area contributed by atoms with Crippen LogP contribution in [0.25, 0.3) is 17.4 Å². The lowest BCUT2D eigenvalue weighted by Gasteiger charge is -2.06. The molecule has 9 nitrogen and oxygen atoms in total. The van der Waals surface area contributed by atoms with E-state index in [1.54, 1.807) is 43.5 Å². The maximum atomic E-state index is 5.91.